The van der Waals surface area contributed by atoms with E-state index in [2.05, 4.69) is 22.4 Å². The minimum Gasteiger partial charge on any atom is -0.491 e. The molecule has 0 heterocycles. The Balaban J connectivity index is 0.00000312. The highest BCUT2D eigenvalue weighted by molar-refractivity contribution is 14.0. The zero-order valence-electron chi connectivity index (χ0n) is 14.5. The van der Waals surface area contributed by atoms with Gasteiger partial charge in [-0.3, -0.25) is 0 Å². The van der Waals surface area contributed by atoms with E-state index in [4.69, 9.17) is 15.2 Å². The standard InChI is InChI=1S/C19H25N3O2.HI/c1-23-13-14-24-18-9-7-17(8-10-18)15-22-19(20)21-12-11-16-5-3-2-4-6-16;/h2-10H,11-15H2,1H3,(H3,20,21,22);1H. The average Bonchev–Trinajstić information content (AvgIpc) is 2.62. The molecular weight excluding hydrogens is 429 g/mol. The Kier molecular flexibility index (Phi) is 10.7. The fraction of sp³-hybridized carbons (Fsp3) is 0.316. The minimum absolute atomic E-state index is 0. The van der Waals surface area contributed by atoms with Crippen molar-refractivity contribution in [1.82, 2.24) is 5.32 Å². The zero-order chi connectivity index (χ0) is 17.0. The lowest BCUT2D eigenvalue weighted by atomic mass is 10.1. The largest absolute Gasteiger partial charge is 0.491 e. The molecule has 136 valence electrons. The summed E-state index contributed by atoms with van der Waals surface area (Å²) in [5, 5.41) is 3.14. The van der Waals surface area contributed by atoms with Gasteiger partial charge in [0.15, 0.2) is 5.96 Å². The van der Waals surface area contributed by atoms with Gasteiger partial charge in [-0.25, -0.2) is 4.99 Å². The van der Waals surface area contributed by atoms with Crippen LogP contribution in [-0.4, -0.2) is 32.8 Å². The molecule has 0 atom stereocenters. The van der Waals surface area contributed by atoms with Crippen LogP contribution in [0, 0.1) is 0 Å². The predicted octanol–water partition coefficient (Wildman–Crippen LogP) is 2.98. The lowest BCUT2D eigenvalue weighted by molar-refractivity contribution is 0.146. The summed E-state index contributed by atoms with van der Waals surface area (Å²) in [6.45, 7) is 2.44. The first-order valence-electron chi connectivity index (χ1n) is 8.06. The van der Waals surface area contributed by atoms with Crippen LogP contribution in [0.25, 0.3) is 0 Å². The Morgan fingerprint density at radius 3 is 2.40 bits per heavy atom. The minimum atomic E-state index is 0. The molecule has 3 N–H and O–H groups in total. The Morgan fingerprint density at radius 2 is 1.72 bits per heavy atom. The van der Waals surface area contributed by atoms with Crippen molar-refractivity contribution >= 4 is 29.9 Å². The van der Waals surface area contributed by atoms with Gasteiger partial charge in [-0.1, -0.05) is 42.5 Å². The van der Waals surface area contributed by atoms with Gasteiger partial charge in [-0.05, 0) is 29.7 Å². The van der Waals surface area contributed by atoms with Crippen molar-refractivity contribution in [2.24, 2.45) is 10.7 Å². The van der Waals surface area contributed by atoms with E-state index in [0.29, 0.717) is 25.7 Å². The van der Waals surface area contributed by atoms with E-state index in [1.54, 1.807) is 7.11 Å². The number of ether oxygens (including phenoxy) is 2. The van der Waals surface area contributed by atoms with Crippen molar-refractivity contribution in [2.45, 2.75) is 13.0 Å². The second kappa shape index (κ2) is 12.5. The van der Waals surface area contributed by atoms with E-state index in [1.165, 1.54) is 5.56 Å². The van der Waals surface area contributed by atoms with Crippen LogP contribution in [0.1, 0.15) is 11.1 Å². The number of hydrogen-bond acceptors (Lipinski definition) is 3. The van der Waals surface area contributed by atoms with E-state index in [1.807, 2.05) is 42.5 Å². The molecule has 5 nitrogen and oxygen atoms in total. The van der Waals surface area contributed by atoms with Crippen LogP contribution in [0.5, 0.6) is 5.75 Å². The molecule has 6 heteroatoms. The van der Waals surface area contributed by atoms with E-state index >= 15 is 0 Å². The van der Waals surface area contributed by atoms with Crippen molar-refractivity contribution in [2.75, 3.05) is 26.9 Å². The molecule has 0 fully saturated rings. The summed E-state index contributed by atoms with van der Waals surface area (Å²) in [4.78, 5) is 4.35. The molecule has 0 radical (unpaired) electrons. The first-order chi connectivity index (χ1) is 11.8. The SMILES string of the molecule is COCCOc1ccc(CN=C(N)NCCc2ccccc2)cc1.I. The Labute approximate surface area is 166 Å². The fourth-order valence-corrected chi connectivity index (χ4v) is 2.15. The van der Waals surface area contributed by atoms with Gasteiger partial charge in [0.05, 0.1) is 13.2 Å². The van der Waals surface area contributed by atoms with Crippen LogP contribution in [0.3, 0.4) is 0 Å². The number of benzene rings is 2. The normalized spacial score (nSPS) is 10.8. The summed E-state index contributed by atoms with van der Waals surface area (Å²) < 4.78 is 10.5. The molecule has 2 rings (SSSR count). The third kappa shape index (κ3) is 8.74. The molecule has 0 aliphatic rings. The predicted molar refractivity (Wildman–Crippen MR) is 113 cm³/mol. The average molecular weight is 455 g/mol. The number of hydrogen-bond donors (Lipinski definition) is 2. The molecule has 0 aromatic heterocycles. The number of guanidine groups is 1. The second-order valence-electron chi connectivity index (χ2n) is 5.35. The molecular formula is C19H26IN3O2. The first-order valence-corrected chi connectivity index (χ1v) is 8.06. The maximum atomic E-state index is 5.90. The number of halogens is 1. The van der Waals surface area contributed by atoms with Gasteiger partial charge in [0.2, 0.25) is 0 Å². The fourth-order valence-electron chi connectivity index (χ4n) is 2.15. The van der Waals surface area contributed by atoms with Gasteiger partial charge in [0, 0.05) is 13.7 Å². The third-order valence-corrected chi connectivity index (χ3v) is 3.47. The summed E-state index contributed by atoms with van der Waals surface area (Å²) in [6, 6.07) is 18.1. The van der Waals surface area contributed by atoms with Gasteiger partial charge in [-0.2, -0.15) is 0 Å². The summed E-state index contributed by atoms with van der Waals surface area (Å²) in [6.07, 6.45) is 0.921. The quantitative estimate of drug-likeness (QED) is 0.264. The second-order valence-corrected chi connectivity index (χ2v) is 5.35. The third-order valence-electron chi connectivity index (χ3n) is 3.47. The van der Waals surface area contributed by atoms with Gasteiger partial charge in [0.1, 0.15) is 12.4 Å². The number of aliphatic imine (C=N–C) groups is 1. The molecule has 0 aliphatic heterocycles. The van der Waals surface area contributed by atoms with E-state index in [0.717, 1.165) is 24.3 Å². The zero-order valence-corrected chi connectivity index (χ0v) is 16.8. The van der Waals surface area contributed by atoms with E-state index < -0.39 is 0 Å². The molecule has 0 unspecified atom stereocenters. The highest BCUT2D eigenvalue weighted by Crippen LogP contribution is 2.12. The molecule has 0 bridgehead atoms. The van der Waals surface area contributed by atoms with Gasteiger partial charge in [0.25, 0.3) is 0 Å². The topological polar surface area (TPSA) is 68.9 Å². The number of rotatable bonds is 9. The van der Waals surface area contributed by atoms with E-state index in [9.17, 15) is 0 Å². The Hall–Kier alpha value is -1.80. The first kappa shape index (κ1) is 21.2. The van der Waals surface area contributed by atoms with Crippen LogP contribution in [0.2, 0.25) is 0 Å². The van der Waals surface area contributed by atoms with Crippen LogP contribution in [-0.2, 0) is 17.7 Å². The lowest BCUT2D eigenvalue weighted by Gasteiger charge is -2.07. The Morgan fingerprint density at radius 1 is 1.00 bits per heavy atom. The highest BCUT2D eigenvalue weighted by atomic mass is 127. The van der Waals surface area contributed by atoms with E-state index in [-0.39, 0.29) is 24.0 Å². The van der Waals surface area contributed by atoms with Crippen LogP contribution in [0.4, 0.5) is 0 Å². The van der Waals surface area contributed by atoms with Crippen molar-refractivity contribution in [3.8, 4) is 5.75 Å². The maximum Gasteiger partial charge on any atom is 0.188 e. The van der Waals surface area contributed by atoms with Crippen molar-refractivity contribution < 1.29 is 9.47 Å². The summed E-state index contributed by atoms with van der Waals surface area (Å²) in [5.41, 5.74) is 8.26. The molecule has 0 spiro atoms. The maximum absolute atomic E-state index is 5.90. The molecule has 0 saturated carbocycles. The molecule has 0 aliphatic carbocycles. The van der Waals surface area contributed by atoms with Crippen molar-refractivity contribution in [3.63, 3.8) is 0 Å². The number of nitrogens with one attached hydrogen (secondary N) is 1. The molecule has 2 aromatic rings. The van der Waals surface area contributed by atoms with Crippen molar-refractivity contribution in [3.05, 3.63) is 65.7 Å². The summed E-state index contributed by atoms with van der Waals surface area (Å²) in [5.74, 6) is 1.29. The number of methoxy groups -OCH3 is 1. The van der Waals surface area contributed by atoms with Crippen LogP contribution >= 0.6 is 24.0 Å². The smallest absolute Gasteiger partial charge is 0.188 e. The number of nitrogens with zero attached hydrogens (tertiary/aromatic N) is 1. The number of nitrogens with two attached hydrogens (primary N) is 1. The summed E-state index contributed by atoms with van der Waals surface area (Å²) >= 11 is 0. The molecule has 0 saturated heterocycles. The Bertz CT molecular complexity index is 618. The molecule has 25 heavy (non-hydrogen) atoms. The van der Waals surface area contributed by atoms with Gasteiger partial charge < -0.3 is 20.5 Å². The summed E-state index contributed by atoms with van der Waals surface area (Å²) in [7, 11) is 1.66. The van der Waals surface area contributed by atoms with Crippen molar-refractivity contribution in [1.29, 1.82) is 0 Å². The molecule has 0 amide bonds. The van der Waals surface area contributed by atoms with Crippen LogP contribution in [0.15, 0.2) is 59.6 Å². The highest BCUT2D eigenvalue weighted by Gasteiger charge is 1.97. The monoisotopic (exact) mass is 455 g/mol. The van der Waals surface area contributed by atoms with Crippen LogP contribution < -0.4 is 15.8 Å². The van der Waals surface area contributed by atoms with Gasteiger partial charge in [-0.15, -0.1) is 24.0 Å². The molecule has 2 aromatic carbocycles. The van der Waals surface area contributed by atoms with Gasteiger partial charge >= 0.3 is 0 Å². The lowest BCUT2D eigenvalue weighted by Crippen LogP contribution is -2.33.